The minimum absolute atomic E-state index is 0.0787. The van der Waals surface area contributed by atoms with E-state index in [2.05, 4.69) is 20.0 Å². The van der Waals surface area contributed by atoms with Gasteiger partial charge in [-0.1, -0.05) is 29.8 Å². The van der Waals surface area contributed by atoms with Gasteiger partial charge in [0.15, 0.2) is 0 Å². The standard InChI is InChI=1S/C23H22N4O3S/c1-15-7-11-18(12-8-15)27-31(29,30)19-13-9-17(10-14-19)23(28)24-16(2)22-25-20-5-3-4-6-21(20)26-22/h3-14,16,27H,1-2H3,(H,24,28)(H,25,26). The molecule has 3 aromatic carbocycles. The maximum Gasteiger partial charge on any atom is 0.261 e. The number of amides is 1. The van der Waals surface area contributed by atoms with Crippen molar-refractivity contribution in [1.82, 2.24) is 15.3 Å². The fourth-order valence-electron chi connectivity index (χ4n) is 3.15. The Hall–Kier alpha value is -3.65. The molecule has 158 valence electrons. The van der Waals surface area contributed by atoms with Gasteiger partial charge < -0.3 is 10.3 Å². The van der Waals surface area contributed by atoms with E-state index in [4.69, 9.17) is 0 Å². The van der Waals surface area contributed by atoms with Crippen molar-refractivity contribution in [3.63, 3.8) is 0 Å². The van der Waals surface area contributed by atoms with Crippen LogP contribution >= 0.6 is 0 Å². The van der Waals surface area contributed by atoms with E-state index in [1.54, 1.807) is 12.1 Å². The van der Waals surface area contributed by atoms with E-state index in [1.165, 1.54) is 24.3 Å². The van der Waals surface area contributed by atoms with E-state index in [9.17, 15) is 13.2 Å². The second kappa shape index (κ2) is 8.23. The molecule has 3 N–H and O–H groups in total. The van der Waals surface area contributed by atoms with Crippen LogP contribution in [0, 0.1) is 6.92 Å². The predicted octanol–water partition coefficient (Wildman–Crippen LogP) is 4.16. The van der Waals surface area contributed by atoms with E-state index < -0.39 is 10.0 Å². The maximum atomic E-state index is 12.6. The summed E-state index contributed by atoms with van der Waals surface area (Å²) < 4.78 is 27.7. The van der Waals surface area contributed by atoms with Gasteiger partial charge in [0.2, 0.25) is 0 Å². The number of benzene rings is 3. The average Bonchev–Trinajstić information content (AvgIpc) is 3.20. The highest BCUT2D eigenvalue weighted by Gasteiger charge is 2.17. The molecule has 0 aliphatic carbocycles. The van der Waals surface area contributed by atoms with Gasteiger partial charge in [0, 0.05) is 11.3 Å². The van der Waals surface area contributed by atoms with Crippen molar-refractivity contribution < 1.29 is 13.2 Å². The number of aromatic amines is 1. The number of H-pyrrole nitrogens is 1. The van der Waals surface area contributed by atoms with Crippen LogP contribution in [0.2, 0.25) is 0 Å². The molecule has 0 aliphatic heterocycles. The topological polar surface area (TPSA) is 104 Å². The number of nitrogens with one attached hydrogen (secondary N) is 3. The van der Waals surface area contributed by atoms with Gasteiger partial charge in [-0.15, -0.1) is 0 Å². The van der Waals surface area contributed by atoms with Crippen LogP contribution in [0.5, 0.6) is 0 Å². The summed E-state index contributed by atoms with van der Waals surface area (Å²) in [6.45, 7) is 3.76. The molecule has 0 saturated carbocycles. The first-order valence-electron chi connectivity index (χ1n) is 9.77. The number of carbonyl (C=O) groups excluding carboxylic acids is 1. The Morgan fingerprint density at radius 3 is 2.32 bits per heavy atom. The van der Waals surface area contributed by atoms with E-state index >= 15 is 0 Å². The lowest BCUT2D eigenvalue weighted by atomic mass is 10.2. The van der Waals surface area contributed by atoms with Crippen molar-refractivity contribution in [2.24, 2.45) is 0 Å². The van der Waals surface area contributed by atoms with Crippen molar-refractivity contribution in [2.45, 2.75) is 24.8 Å². The highest BCUT2D eigenvalue weighted by molar-refractivity contribution is 7.92. The monoisotopic (exact) mass is 434 g/mol. The Kier molecular flexibility index (Phi) is 5.48. The van der Waals surface area contributed by atoms with Crippen LogP contribution in [0.4, 0.5) is 5.69 Å². The number of imidazole rings is 1. The summed E-state index contributed by atoms with van der Waals surface area (Å²) in [7, 11) is -3.75. The number of fused-ring (bicyclic) bond motifs is 1. The SMILES string of the molecule is Cc1ccc(NS(=O)(=O)c2ccc(C(=O)NC(C)c3nc4ccccc4[nH]3)cc2)cc1. The van der Waals surface area contributed by atoms with E-state index in [1.807, 2.05) is 50.2 Å². The third kappa shape index (κ3) is 4.59. The smallest absolute Gasteiger partial charge is 0.261 e. The van der Waals surface area contributed by atoms with Crippen LogP contribution in [0.3, 0.4) is 0 Å². The average molecular weight is 435 g/mol. The molecule has 0 aliphatic rings. The van der Waals surface area contributed by atoms with Crippen LogP contribution in [-0.4, -0.2) is 24.3 Å². The molecule has 4 aromatic rings. The van der Waals surface area contributed by atoms with Gasteiger partial charge in [-0.25, -0.2) is 13.4 Å². The Labute approximate surface area is 180 Å². The molecular formula is C23H22N4O3S. The molecule has 0 saturated heterocycles. The van der Waals surface area contributed by atoms with E-state index in [0.717, 1.165) is 16.6 Å². The zero-order valence-electron chi connectivity index (χ0n) is 17.1. The molecule has 1 heterocycles. The Bertz CT molecular complexity index is 1290. The van der Waals surface area contributed by atoms with E-state index in [-0.39, 0.29) is 16.8 Å². The number of sulfonamides is 1. The lowest BCUT2D eigenvalue weighted by Crippen LogP contribution is -2.27. The minimum Gasteiger partial charge on any atom is -0.342 e. The summed E-state index contributed by atoms with van der Waals surface area (Å²) in [5.41, 5.74) is 3.60. The maximum absolute atomic E-state index is 12.6. The van der Waals surface area contributed by atoms with Crippen molar-refractivity contribution in [3.05, 3.63) is 89.7 Å². The summed E-state index contributed by atoms with van der Waals surface area (Å²) in [6, 6.07) is 20.2. The molecule has 4 rings (SSSR count). The molecule has 0 fully saturated rings. The van der Waals surface area contributed by atoms with Crippen molar-refractivity contribution in [3.8, 4) is 0 Å². The summed E-state index contributed by atoms with van der Waals surface area (Å²) in [6.07, 6.45) is 0. The number of aryl methyl sites for hydroxylation is 1. The second-order valence-electron chi connectivity index (χ2n) is 7.33. The highest BCUT2D eigenvalue weighted by atomic mass is 32.2. The van der Waals surface area contributed by atoms with Crippen LogP contribution in [0.15, 0.2) is 77.7 Å². The van der Waals surface area contributed by atoms with Gasteiger partial charge in [-0.2, -0.15) is 0 Å². The zero-order chi connectivity index (χ0) is 22.0. The molecule has 1 aromatic heterocycles. The Morgan fingerprint density at radius 2 is 1.65 bits per heavy atom. The fourth-order valence-corrected chi connectivity index (χ4v) is 4.21. The highest BCUT2D eigenvalue weighted by Crippen LogP contribution is 2.19. The number of para-hydroxylation sites is 2. The van der Waals surface area contributed by atoms with Crippen LogP contribution < -0.4 is 10.0 Å². The molecule has 8 heteroatoms. The first-order chi connectivity index (χ1) is 14.8. The molecule has 0 radical (unpaired) electrons. The first-order valence-corrected chi connectivity index (χ1v) is 11.3. The van der Waals surface area contributed by atoms with Gasteiger partial charge in [-0.3, -0.25) is 9.52 Å². The summed E-state index contributed by atoms with van der Waals surface area (Å²) >= 11 is 0. The first kappa shape index (κ1) is 20.6. The summed E-state index contributed by atoms with van der Waals surface area (Å²) in [5.74, 6) is 0.333. The number of hydrogen-bond acceptors (Lipinski definition) is 4. The number of aromatic nitrogens is 2. The normalized spacial score (nSPS) is 12.5. The third-order valence-electron chi connectivity index (χ3n) is 4.90. The van der Waals surface area contributed by atoms with Crippen LogP contribution in [0.25, 0.3) is 11.0 Å². The number of nitrogens with zero attached hydrogens (tertiary/aromatic N) is 1. The van der Waals surface area contributed by atoms with Crippen molar-refractivity contribution in [2.75, 3.05) is 4.72 Å². The molecule has 1 atom stereocenters. The summed E-state index contributed by atoms with van der Waals surface area (Å²) in [4.78, 5) is 20.4. The van der Waals surface area contributed by atoms with Gasteiger partial charge in [0.1, 0.15) is 5.82 Å². The van der Waals surface area contributed by atoms with Gasteiger partial charge in [0.05, 0.1) is 22.0 Å². The molecule has 0 bridgehead atoms. The van der Waals surface area contributed by atoms with Crippen LogP contribution in [0.1, 0.15) is 34.7 Å². The van der Waals surface area contributed by atoms with Gasteiger partial charge >= 0.3 is 0 Å². The molecule has 0 spiro atoms. The number of hydrogen-bond donors (Lipinski definition) is 3. The Balaban J connectivity index is 1.45. The number of anilines is 1. The molecular weight excluding hydrogens is 412 g/mol. The predicted molar refractivity (Wildman–Crippen MR) is 120 cm³/mol. The zero-order valence-corrected chi connectivity index (χ0v) is 17.9. The molecule has 7 nitrogen and oxygen atoms in total. The van der Waals surface area contributed by atoms with Gasteiger partial charge in [0.25, 0.3) is 15.9 Å². The summed E-state index contributed by atoms with van der Waals surface area (Å²) in [5, 5.41) is 2.88. The largest absolute Gasteiger partial charge is 0.342 e. The van der Waals surface area contributed by atoms with Crippen molar-refractivity contribution >= 4 is 32.7 Å². The molecule has 1 amide bonds. The molecule has 31 heavy (non-hydrogen) atoms. The lowest BCUT2D eigenvalue weighted by molar-refractivity contribution is 0.0938. The van der Waals surface area contributed by atoms with Crippen LogP contribution in [-0.2, 0) is 10.0 Å². The van der Waals surface area contributed by atoms with Gasteiger partial charge in [-0.05, 0) is 62.4 Å². The number of rotatable bonds is 6. The minimum atomic E-state index is -3.75. The number of carbonyl (C=O) groups is 1. The Morgan fingerprint density at radius 1 is 0.968 bits per heavy atom. The second-order valence-corrected chi connectivity index (χ2v) is 9.01. The fraction of sp³-hybridized carbons (Fsp3) is 0.130. The van der Waals surface area contributed by atoms with Crippen molar-refractivity contribution in [1.29, 1.82) is 0 Å². The molecule has 1 unspecified atom stereocenters. The lowest BCUT2D eigenvalue weighted by Gasteiger charge is -2.12. The quantitative estimate of drug-likeness (QED) is 0.424. The van der Waals surface area contributed by atoms with E-state index in [0.29, 0.717) is 17.1 Å². The third-order valence-corrected chi connectivity index (χ3v) is 6.29.